The van der Waals surface area contributed by atoms with Crippen molar-refractivity contribution in [3.8, 4) is 0 Å². The zero-order chi connectivity index (χ0) is 18.8. The molecule has 7 nitrogen and oxygen atoms in total. The van der Waals surface area contributed by atoms with E-state index in [1.54, 1.807) is 4.90 Å². The van der Waals surface area contributed by atoms with Crippen LogP contribution in [0.15, 0.2) is 17.1 Å². The van der Waals surface area contributed by atoms with Gasteiger partial charge in [-0.15, -0.1) is 0 Å². The molecule has 2 heterocycles. The molecular formula is C17H19F2N3O4. The Morgan fingerprint density at radius 2 is 2.04 bits per heavy atom. The molecule has 0 amide bonds. The molecule has 1 saturated heterocycles. The average Bonchev–Trinajstić information content (AvgIpc) is 2.62. The summed E-state index contributed by atoms with van der Waals surface area (Å²) in [5, 5.41) is 12.0. The van der Waals surface area contributed by atoms with Gasteiger partial charge >= 0.3 is 5.97 Å². The van der Waals surface area contributed by atoms with Gasteiger partial charge < -0.3 is 24.6 Å². The van der Waals surface area contributed by atoms with E-state index in [9.17, 15) is 19.1 Å². The number of halogens is 2. The second-order valence-corrected chi connectivity index (χ2v) is 6.02. The highest BCUT2D eigenvalue weighted by atomic mass is 19.1. The zero-order valence-corrected chi connectivity index (χ0v) is 14.2. The quantitative estimate of drug-likeness (QED) is 0.822. The molecule has 0 spiro atoms. The predicted octanol–water partition coefficient (Wildman–Crippen LogP) is 1.03. The van der Waals surface area contributed by atoms with Crippen LogP contribution in [0.4, 0.5) is 14.5 Å². The van der Waals surface area contributed by atoms with Crippen molar-refractivity contribution in [3.05, 3.63) is 39.7 Å². The highest BCUT2D eigenvalue weighted by Gasteiger charge is 2.25. The molecule has 0 unspecified atom stereocenters. The van der Waals surface area contributed by atoms with E-state index in [4.69, 9.17) is 4.74 Å². The lowest BCUT2D eigenvalue weighted by Crippen LogP contribution is -2.44. The molecule has 9 heteroatoms. The molecule has 26 heavy (non-hydrogen) atoms. The van der Waals surface area contributed by atoms with Crippen molar-refractivity contribution >= 4 is 22.6 Å². The molecule has 2 N–H and O–H groups in total. The average molecular weight is 367 g/mol. The molecule has 1 fully saturated rings. The number of aromatic nitrogens is 1. The lowest BCUT2D eigenvalue weighted by Gasteiger charge is -2.30. The number of carbonyl (C=O) groups is 1. The van der Waals surface area contributed by atoms with Crippen LogP contribution in [0.5, 0.6) is 0 Å². The number of fused-ring (bicyclic) bond motifs is 1. The number of rotatable bonds is 5. The molecule has 140 valence electrons. The highest BCUT2D eigenvalue weighted by molar-refractivity contribution is 5.93. The van der Waals surface area contributed by atoms with Crippen molar-refractivity contribution in [1.29, 1.82) is 0 Å². The fraction of sp³-hybridized carbons (Fsp3) is 0.412. The maximum absolute atomic E-state index is 15.3. The monoisotopic (exact) mass is 367 g/mol. The Hall–Kier alpha value is -2.52. The van der Waals surface area contributed by atoms with Crippen molar-refractivity contribution in [2.24, 2.45) is 0 Å². The maximum atomic E-state index is 15.3. The van der Waals surface area contributed by atoms with Crippen molar-refractivity contribution in [3.63, 3.8) is 0 Å². The number of piperazine rings is 1. The number of benzene rings is 1. The van der Waals surface area contributed by atoms with Crippen LogP contribution in [0.25, 0.3) is 10.9 Å². The zero-order valence-electron chi connectivity index (χ0n) is 14.2. The number of pyridine rings is 1. The first kappa shape index (κ1) is 18.3. The smallest absolute Gasteiger partial charge is 0.341 e. The lowest BCUT2D eigenvalue weighted by molar-refractivity contribution is 0.0694. The Balaban J connectivity index is 2.29. The van der Waals surface area contributed by atoms with Gasteiger partial charge in [0, 0.05) is 46.0 Å². The molecule has 2 aromatic rings. The largest absolute Gasteiger partial charge is 0.477 e. The minimum atomic E-state index is -1.45. The van der Waals surface area contributed by atoms with E-state index in [-0.39, 0.29) is 29.7 Å². The molecule has 0 radical (unpaired) electrons. The van der Waals surface area contributed by atoms with E-state index in [1.165, 1.54) is 11.7 Å². The van der Waals surface area contributed by atoms with Gasteiger partial charge in [0.05, 0.1) is 17.5 Å². The number of hydrogen-bond acceptors (Lipinski definition) is 5. The summed E-state index contributed by atoms with van der Waals surface area (Å²) in [7, 11) is 1.45. The van der Waals surface area contributed by atoms with Gasteiger partial charge in [-0.1, -0.05) is 0 Å². The molecule has 1 aliphatic heterocycles. The Labute approximate surface area is 147 Å². The summed E-state index contributed by atoms with van der Waals surface area (Å²) >= 11 is 0. The van der Waals surface area contributed by atoms with Crippen LogP contribution in [0.1, 0.15) is 10.4 Å². The molecule has 0 aliphatic carbocycles. The molecule has 1 aliphatic rings. The summed E-state index contributed by atoms with van der Waals surface area (Å²) in [5.41, 5.74) is -1.77. The number of hydrogen-bond donors (Lipinski definition) is 2. The molecule has 0 saturated carbocycles. The molecule has 1 aromatic heterocycles. The number of carboxylic acid groups (broad SMARTS) is 1. The number of nitrogens with zero attached hydrogens (tertiary/aromatic N) is 2. The van der Waals surface area contributed by atoms with Crippen molar-refractivity contribution in [1.82, 2.24) is 9.88 Å². The van der Waals surface area contributed by atoms with E-state index in [0.717, 1.165) is 12.3 Å². The summed E-state index contributed by atoms with van der Waals surface area (Å²) in [6.45, 7) is 2.33. The van der Waals surface area contributed by atoms with Gasteiger partial charge in [-0.05, 0) is 6.07 Å². The predicted molar refractivity (Wildman–Crippen MR) is 92.0 cm³/mol. The fourth-order valence-electron chi connectivity index (χ4n) is 3.17. The SMILES string of the molecule is COCCn1cc(C(=O)O)c(=O)c2cc(F)c(N3CCNCC3)c(F)c21. The standard InChI is InChI=1S/C17H19F2N3O4/c1-26-7-6-22-9-11(17(24)25)16(23)10-8-12(18)15(13(19)14(10)22)21-4-2-20-3-5-21/h8-9,20H,2-7H2,1H3,(H,24,25). The van der Waals surface area contributed by atoms with E-state index in [2.05, 4.69) is 5.32 Å². The third kappa shape index (κ3) is 3.15. The third-order valence-electron chi connectivity index (χ3n) is 4.43. The minimum Gasteiger partial charge on any atom is -0.477 e. The Kier molecular flexibility index (Phi) is 5.19. The maximum Gasteiger partial charge on any atom is 0.341 e. The van der Waals surface area contributed by atoms with Gasteiger partial charge in [-0.25, -0.2) is 13.6 Å². The van der Waals surface area contributed by atoms with Gasteiger partial charge in [-0.2, -0.15) is 0 Å². The highest BCUT2D eigenvalue weighted by Crippen LogP contribution is 2.30. The number of aromatic carboxylic acids is 1. The first-order valence-corrected chi connectivity index (χ1v) is 8.18. The Bertz CT molecular complexity index is 907. The van der Waals surface area contributed by atoms with Gasteiger partial charge in [0.1, 0.15) is 17.1 Å². The van der Waals surface area contributed by atoms with E-state index in [1.807, 2.05) is 0 Å². The molecule has 3 rings (SSSR count). The first-order chi connectivity index (χ1) is 12.5. The third-order valence-corrected chi connectivity index (χ3v) is 4.43. The van der Waals surface area contributed by atoms with Crippen LogP contribution in [0, 0.1) is 11.6 Å². The van der Waals surface area contributed by atoms with E-state index in [0.29, 0.717) is 26.2 Å². The van der Waals surface area contributed by atoms with Crippen LogP contribution in [0.2, 0.25) is 0 Å². The van der Waals surface area contributed by atoms with Gasteiger partial charge in [0.15, 0.2) is 5.82 Å². The normalized spacial score (nSPS) is 14.8. The van der Waals surface area contributed by atoms with Gasteiger partial charge in [-0.3, -0.25) is 4.79 Å². The molecular weight excluding hydrogens is 348 g/mol. The van der Waals surface area contributed by atoms with E-state index < -0.39 is 28.6 Å². The molecule has 0 bridgehead atoms. The summed E-state index contributed by atoms with van der Waals surface area (Å²) < 4.78 is 36.2. The van der Waals surface area contributed by atoms with Crippen LogP contribution < -0.4 is 15.6 Å². The summed E-state index contributed by atoms with van der Waals surface area (Å²) in [6, 6.07) is 0.924. The topological polar surface area (TPSA) is 83.8 Å². The number of nitrogens with one attached hydrogen (secondary N) is 1. The van der Waals surface area contributed by atoms with Crippen molar-refractivity contribution in [2.45, 2.75) is 6.54 Å². The first-order valence-electron chi connectivity index (χ1n) is 8.18. The second kappa shape index (κ2) is 7.38. The number of methoxy groups -OCH3 is 1. The fourth-order valence-corrected chi connectivity index (χ4v) is 3.17. The summed E-state index contributed by atoms with van der Waals surface area (Å²) in [5.74, 6) is -3.20. The Morgan fingerprint density at radius 1 is 1.35 bits per heavy atom. The number of ether oxygens (including phenoxy) is 1. The van der Waals surface area contributed by atoms with Crippen LogP contribution >= 0.6 is 0 Å². The minimum absolute atomic E-state index is 0.119. The molecule has 0 atom stereocenters. The van der Waals surface area contributed by atoms with Crippen LogP contribution in [0.3, 0.4) is 0 Å². The van der Waals surface area contributed by atoms with Gasteiger partial charge in [0.2, 0.25) is 5.43 Å². The number of carboxylic acids is 1. The van der Waals surface area contributed by atoms with Crippen molar-refractivity contribution < 1.29 is 23.4 Å². The van der Waals surface area contributed by atoms with Crippen LogP contribution in [-0.2, 0) is 11.3 Å². The summed E-state index contributed by atoms with van der Waals surface area (Å²) in [4.78, 5) is 25.3. The van der Waals surface area contributed by atoms with Crippen LogP contribution in [-0.4, -0.2) is 55.5 Å². The second-order valence-electron chi connectivity index (χ2n) is 6.02. The van der Waals surface area contributed by atoms with Crippen molar-refractivity contribution in [2.75, 3.05) is 44.8 Å². The lowest BCUT2D eigenvalue weighted by atomic mass is 10.1. The number of anilines is 1. The summed E-state index contributed by atoms with van der Waals surface area (Å²) in [6.07, 6.45) is 1.08. The Morgan fingerprint density at radius 3 is 2.65 bits per heavy atom. The van der Waals surface area contributed by atoms with Gasteiger partial charge in [0.25, 0.3) is 0 Å². The molecule has 1 aromatic carbocycles. The van der Waals surface area contributed by atoms with E-state index >= 15 is 4.39 Å².